The first kappa shape index (κ1) is 10.2. The zero-order valence-corrected chi connectivity index (χ0v) is 10.4. The molecule has 0 aliphatic heterocycles. The van der Waals surface area contributed by atoms with Gasteiger partial charge in [-0.25, -0.2) is 0 Å². The van der Waals surface area contributed by atoms with Crippen LogP contribution in [0.3, 0.4) is 0 Å². The Morgan fingerprint density at radius 1 is 1.25 bits per heavy atom. The summed E-state index contributed by atoms with van der Waals surface area (Å²) in [5, 5.41) is 7.97. The van der Waals surface area contributed by atoms with Crippen molar-refractivity contribution in [2.24, 2.45) is 0 Å². The van der Waals surface area contributed by atoms with Crippen molar-refractivity contribution in [3.05, 3.63) is 33.8 Å². The molecule has 1 saturated carbocycles. The molecular formula is C12H12N2S2. The fourth-order valence-electron chi connectivity index (χ4n) is 1.99. The van der Waals surface area contributed by atoms with Crippen molar-refractivity contribution in [2.45, 2.75) is 25.2 Å². The van der Waals surface area contributed by atoms with E-state index in [1.807, 2.05) is 0 Å². The molecule has 2 nitrogen and oxygen atoms in total. The van der Waals surface area contributed by atoms with Gasteiger partial charge in [-0.15, -0.1) is 0 Å². The van der Waals surface area contributed by atoms with Crippen LogP contribution in [-0.4, -0.2) is 10.2 Å². The highest BCUT2D eigenvalue weighted by atomic mass is 32.1. The minimum atomic E-state index is 0.734. The van der Waals surface area contributed by atoms with Crippen molar-refractivity contribution in [3.8, 4) is 10.6 Å². The molecule has 0 radical (unpaired) electrons. The molecule has 0 saturated heterocycles. The summed E-state index contributed by atoms with van der Waals surface area (Å²) in [6, 6.07) is 8.75. The Morgan fingerprint density at radius 2 is 2.00 bits per heavy atom. The van der Waals surface area contributed by atoms with Crippen LogP contribution in [0, 0.1) is 3.95 Å². The monoisotopic (exact) mass is 248 g/mol. The molecule has 1 aliphatic carbocycles. The van der Waals surface area contributed by atoms with Crippen molar-refractivity contribution in [1.82, 2.24) is 10.2 Å². The summed E-state index contributed by atoms with van der Waals surface area (Å²) in [5.41, 5.74) is 2.62. The molecule has 0 bridgehead atoms. The lowest BCUT2D eigenvalue weighted by atomic mass is 9.80. The number of nitrogens with one attached hydrogen (secondary N) is 1. The van der Waals surface area contributed by atoms with Crippen LogP contribution in [0.4, 0.5) is 0 Å². The van der Waals surface area contributed by atoms with E-state index in [0.717, 1.165) is 20.4 Å². The van der Waals surface area contributed by atoms with Crippen LogP contribution in [0.2, 0.25) is 0 Å². The number of hydrogen-bond acceptors (Lipinski definition) is 3. The van der Waals surface area contributed by atoms with E-state index < -0.39 is 0 Å². The van der Waals surface area contributed by atoms with Crippen molar-refractivity contribution >= 4 is 23.6 Å². The largest absolute Gasteiger partial charge is 0.258 e. The first-order chi connectivity index (χ1) is 7.83. The predicted octanol–water partition coefficient (Wildman–Crippen LogP) is 4.14. The van der Waals surface area contributed by atoms with E-state index in [0.29, 0.717) is 0 Å². The molecule has 0 spiro atoms. The van der Waals surface area contributed by atoms with Crippen molar-refractivity contribution in [2.75, 3.05) is 0 Å². The molecule has 1 aromatic carbocycles. The SMILES string of the molecule is S=c1[nH]nc(-c2ccc(C3CCC3)cc2)s1. The second-order valence-electron chi connectivity index (χ2n) is 4.17. The number of nitrogens with zero attached hydrogens (tertiary/aromatic N) is 1. The zero-order valence-electron chi connectivity index (χ0n) is 8.77. The van der Waals surface area contributed by atoms with Crippen LogP contribution in [0.1, 0.15) is 30.7 Å². The Balaban J connectivity index is 1.89. The summed E-state index contributed by atoms with van der Waals surface area (Å²) in [5.74, 6) is 0.798. The van der Waals surface area contributed by atoms with Crippen LogP contribution in [0.15, 0.2) is 24.3 Å². The lowest BCUT2D eigenvalue weighted by Gasteiger charge is -2.25. The highest BCUT2D eigenvalue weighted by molar-refractivity contribution is 7.73. The summed E-state index contributed by atoms with van der Waals surface area (Å²) in [6.07, 6.45) is 4.08. The third-order valence-electron chi connectivity index (χ3n) is 3.17. The molecule has 1 heterocycles. The van der Waals surface area contributed by atoms with E-state index in [1.54, 1.807) is 0 Å². The molecule has 0 unspecified atom stereocenters. The van der Waals surface area contributed by atoms with Crippen molar-refractivity contribution in [3.63, 3.8) is 0 Å². The van der Waals surface area contributed by atoms with E-state index in [1.165, 1.54) is 36.2 Å². The van der Waals surface area contributed by atoms with Gasteiger partial charge in [0.1, 0.15) is 5.01 Å². The molecule has 0 atom stereocenters. The van der Waals surface area contributed by atoms with Gasteiger partial charge in [0.25, 0.3) is 0 Å². The molecule has 3 rings (SSSR count). The van der Waals surface area contributed by atoms with Crippen LogP contribution in [0.25, 0.3) is 10.6 Å². The fraction of sp³-hybridized carbons (Fsp3) is 0.333. The number of aromatic amines is 1. The van der Waals surface area contributed by atoms with Crippen molar-refractivity contribution in [1.29, 1.82) is 0 Å². The molecule has 4 heteroatoms. The van der Waals surface area contributed by atoms with E-state index in [9.17, 15) is 0 Å². The summed E-state index contributed by atoms with van der Waals surface area (Å²) in [6.45, 7) is 0. The number of H-pyrrole nitrogens is 1. The van der Waals surface area contributed by atoms with Gasteiger partial charge in [0.05, 0.1) is 0 Å². The van der Waals surface area contributed by atoms with Gasteiger partial charge in [0, 0.05) is 5.56 Å². The molecule has 2 aromatic rings. The topological polar surface area (TPSA) is 28.7 Å². The maximum atomic E-state index is 5.03. The van der Waals surface area contributed by atoms with Gasteiger partial charge in [0.2, 0.25) is 0 Å². The number of benzene rings is 1. The zero-order chi connectivity index (χ0) is 11.0. The van der Waals surface area contributed by atoms with E-state index in [2.05, 4.69) is 34.5 Å². The lowest BCUT2D eigenvalue weighted by Crippen LogP contribution is -2.08. The van der Waals surface area contributed by atoms with E-state index >= 15 is 0 Å². The Kier molecular flexibility index (Phi) is 2.61. The number of rotatable bonds is 2. The third kappa shape index (κ3) is 1.83. The first-order valence-electron chi connectivity index (χ1n) is 5.49. The Morgan fingerprint density at radius 3 is 2.50 bits per heavy atom. The van der Waals surface area contributed by atoms with Crippen LogP contribution < -0.4 is 0 Å². The number of aromatic nitrogens is 2. The van der Waals surface area contributed by atoms with Gasteiger partial charge in [-0.2, -0.15) is 5.10 Å². The Hall–Kier alpha value is -1.00. The maximum Gasteiger partial charge on any atom is 0.176 e. The molecule has 16 heavy (non-hydrogen) atoms. The standard InChI is InChI=1S/C12H12N2S2/c15-12-14-13-11(16-12)10-6-4-9(5-7-10)8-2-1-3-8/h4-8H,1-3H2,(H,14,15). The van der Waals surface area contributed by atoms with Crippen LogP contribution in [0.5, 0.6) is 0 Å². The second-order valence-corrected chi connectivity index (χ2v) is 5.83. The van der Waals surface area contributed by atoms with E-state index in [4.69, 9.17) is 12.2 Å². The summed E-state index contributed by atoms with van der Waals surface area (Å²) in [7, 11) is 0. The van der Waals surface area contributed by atoms with E-state index in [-0.39, 0.29) is 0 Å². The minimum Gasteiger partial charge on any atom is -0.258 e. The average molecular weight is 248 g/mol. The average Bonchev–Trinajstić information content (AvgIpc) is 2.63. The smallest absolute Gasteiger partial charge is 0.176 e. The van der Waals surface area contributed by atoms with Gasteiger partial charge in [-0.1, -0.05) is 42.0 Å². The van der Waals surface area contributed by atoms with Gasteiger partial charge < -0.3 is 0 Å². The Labute approximate surface area is 103 Å². The molecule has 0 amide bonds. The highest BCUT2D eigenvalue weighted by Crippen LogP contribution is 2.36. The quantitative estimate of drug-likeness (QED) is 0.809. The number of hydrogen-bond donors (Lipinski definition) is 1. The Bertz CT molecular complexity index is 535. The molecule has 1 fully saturated rings. The van der Waals surface area contributed by atoms with Gasteiger partial charge in [-0.05, 0) is 36.5 Å². The summed E-state index contributed by atoms with van der Waals surface area (Å²) < 4.78 is 0.734. The normalized spacial score (nSPS) is 16.0. The lowest BCUT2D eigenvalue weighted by molar-refractivity contribution is 0.420. The predicted molar refractivity (Wildman–Crippen MR) is 69.3 cm³/mol. The molecule has 1 N–H and O–H groups in total. The maximum absolute atomic E-state index is 5.03. The first-order valence-corrected chi connectivity index (χ1v) is 6.71. The molecule has 1 aromatic heterocycles. The summed E-state index contributed by atoms with van der Waals surface area (Å²) >= 11 is 6.55. The second kappa shape index (κ2) is 4.11. The fourth-order valence-corrected chi connectivity index (χ4v) is 2.89. The van der Waals surface area contributed by atoms with Gasteiger partial charge in [-0.3, -0.25) is 5.10 Å². The minimum absolute atomic E-state index is 0.734. The van der Waals surface area contributed by atoms with Gasteiger partial charge in [0.15, 0.2) is 3.95 Å². The van der Waals surface area contributed by atoms with Gasteiger partial charge >= 0.3 is 0 Å². The molecular weight excluding hydrogens is 236 g/mol. The third-order valence-corrected chi connectivity index (χ3v) is 4.31. The molecule has 82 valence electrons. The van der Waals surface area contributed by atoms with Crippen LogP contribution in [-0.2, 0) is 0 Å². The molecule has 1 aliphatic rings. The summed E-state index contributed by atoms with van der Waals surface area (Å²) in [4.78, 5) is 0. The van der Waals surface area contributed by atoms with Crippen LogP contribution >= 0.6 is 23.6 Å². The highest BCUT2D eigenvalue weighted by Gasteiger charge is 2.19. The van der Waals surface area contributed by atoms with Crippen molar-refractivity contribution < 1.29 is 0 Å².